The quantitative estimate of drug-likeness (QED) is 0.466. The summed E-state index contributed by atoms with van der Waals surface area (Å²) >= 11 is 0. The van der Waals surface area contributed by atoms with Crippen molar-refractivity contribution in [2.45, 2.75) is 19.8 Å². The third kappa shape index (κ3) is 6.04. The lowest BCUT2D eigenvalue weighted by atomic mass is 10.2. The van der Waals surface area contributed by atoms with Crippen LogP contribution in [0.25, 0.3) is 0 Å². The first-order valence-corrected chi connectivity index (χ1v) is 11.0. The topological polar surface area (TPSA) is 79.9 Å². The number of ether oxygens (including phenoxy) is 2. The Labute approximate surface area is 193 Å². The average molecular weight is 446 g/mol. The van der Waals surface area contributed by atoms with Crippen LogP contribution in [0.4, 0.5) is 21.9 Å². The van der Waals surface area contributed by atoms with Crippen LogP contribution in [0, 0.1) is 6.92 Å². The molecule has 7 heteroatoms. The molecule has 0 spiro atoms. The number of fused-ring (bicyclic) bond motifs is 1. The summed E-state index contributed by atoms with van der Waals surface area (Å²) in [6.45, 7) is 3.17. The van der Waals surface area contributed by atoms with Crippen molar-refractivity contribution < 1.29 is 19.1 Å². The second-order valence-corrected chi connectivity index (χ2v) is 7.83. The zero-order chi connectivity index (χ0) is 23.0. The molecule has 0 unspecified atom stereocenters. The molecule has 1 heterocycles. The van der Waals surface area contributed by atoms with Crippen molar-refractivity contribution in [2.75, 3.05) is 35.3 Å². The van der Waals surface area contributed by atoms with E-state index < -0.39 is 0 Å². The van der Waals surface area contributed by atoms with Gasteiger partial charge in [0.05, 0.1) is 12.3 Å². The smallest absolute Gasteiger partial charge is 0.323 e. The molecule has 3 amide bonds. The predicted molar refractivity (Wildman–Crippen MR) is 129 cm³/mol. The van der Waals surface area contributed by atoms with Crippen LogP contribution in [0.15, 0.2) is 72.8 Å². The molecule has 3 aromatic rings. The number of rotatable bonds is 8. The Balaban J connectivity index is 1.34. The minimum absolute atomic E-state index is 0.00800. The number of benzene rings is 3. The third-order valence-corrected chi connectivity index (χ3v) is 5.23. The first kappa shape index (κ1) is 22.2. The van der Waals surface area contributed by atoms with Crippen LogP contribution in [0.3, 0.4) is 0 Å². The van der Waals surface area contributed by atoms with E-state index in [4.69, 9.17) is 9.47 Å². The number of para-hydroxylation sites is 1. The maximum atomic E-state index is 12.5. The van der Waals surface area contributed by atoms with Crippen molar-refractivity contribution in [3.63, 3.8) is 0 Å². The standard InChI is InChI=1S/C26H27N3O4/c1-19-8-7-11-22(16-19)32-15-6-5-14-29-23-17-21(12-13-24(23)33-18-25(29)30)28-26(31)27-20-9-3-2-4-10-20/h2-4,7-13,16-17H,5-6,14-15,18H2,1H3,(H2,27,28,31). The fraction of sp³-hybridized carbons (Fsp3) is 0.231. The van der Waals surface area contributed by atoms with Gasteiger partial charge in [-0.3, -0.25) is 4.79 Å². The highest BCUT2D eigenvalue weighted by Gasteiger charge is 2.25. The Hall–Kier alpha value is -4.00. The number of hydrogen-bond donors (Lipinski definition) is 2. The monoisotopic (exact) mass is 445 g/mol. The molecule has 1 aliphatic rings. The molecule has 0 saturated heterocycles. The maximum Gasteiger partial charge on any atom is 0.323 e. The van der Waals surface area contributed by atoms with Crippen LogP contribution in [0.2, 0.25) is 0 Å². The van der Waals surface area contributed by atoms with E-state index in [1.165, 1.54) is 0 Å². The fourth-order valence-electron chi connectivity index (χ4n) is 3.61. The van der Waals surface area contributed by atoms with Gasteiger partial charge >= 0.3 is 6.03 Å². The molecule has 3 aromatic carbocycles. The SMILES string of the molecule is Cc1cccc(OCCCCN2C(=O)COc3ccc(NC(=O)Nc4ccccc4)cc32)c1. The number of anilines is 3. The van der Waals surface area contributed by atoms with Gasteiger partial charge in [0.15, 0.2) is 6.61 Å². The highest BCUT2D eigenvalue weighted by molar-refractivity contribution is 6.02. The molecule has 0 saturated carbocycles. The molecule has 0 aliphatic carbocycles. The van der Waals surface area contributed by atoms with E-state index in [-0.39, 0.29) is 18.5 Å². The van der Waals surface area contributed by atoms with Gasteiger partial charge in [-0.2, -0.15) is 0 Å². The largest absolute Gasteiger partial charge is 0.494 e. The summed E-state index contributed by atoms with van der Waals surface area (Å²) in [5, 5.41) is 5.59. The van der Waals surface area contributed by atoms with E-state index in [0.717, 1.165) is 24.2 Å². The number of carbonyl (C=O) groups is 2. The molecule has 0 radical (unpaired) electrons. The second-order valence-electron chi connectivity index (χ2n) is 7.83. The van der Waals surface area contributed by atoms with E-state index in [1.54, 1.807) is 23.1 Å². The molecule has 4 rings (SSSR count). The highest BCUT2D eigenvalue weighted by Crippen LogP contribution is 2.34. The van der Waals surface area contributed by atoms with Crippen molar-refractivity contribution >= 4 is 29.0 Å². The van der Waals surface area contributed by atoms with Crippen LogP contribution < -0.4 is 25.0 Å². The Morgan fingerprint density at radius 3 is 2.61 bits per heavy atom. The molecular weight excluding hydrogens is 418 g/mol. The molecule has 0 atom stereocenters. The lowest BCUT2D eigenvalue weighted by molar-refractivity contribution is -0.121. The van der Waals surface area contributed by atoms with Crippen LogP contribution in [0.5, 0.6) is 11.5 Å². The number of nitrogens with one attached hydrogen (secondary N) is 2. The molecule has 0 fully saturated rings. The Kier molecular flexibility index (Phi) is 7.09. The second kappa shape index (κ2) is 10.5. The van der Waals surface area contributed by atoms with Gasteiger partial charge in [0.1, 0.15) is 11.5 Å². The molecule has 0 bridgehead atoms. The highest BCUT2D eigenvalue weighted by atomic mass is 16.5. The lowest BCUT2D eigenvalue weighted by Crippen LogP contribution is -2.39. The van der Waals surface area contributed by atoms with Gasteiger partial charge in [0.2, 0.25) is 0 Å². The van der Waals surface area contributed by atoms with Gasteiger partial charge in [-0.15, -0.1) is 0 Å². The third-order valence-electron chi connectivity index (χ3n) is 5.23. The average Bonchev–Trinajstić information content (AvgIpc) is 2.81. The summed E-state index contributed by atoms with van der Waals surface area (Å²) in [6.07, 6.45) is 1.59. The van der Waals surface area contributed by atoms with Gasteiger partial charge in [-0.25, -0.2) is 4.79 Å². The van der Waals surface area contributed by atoms with Gasteiger partial charge in [-0.05, 0) is 67.8 Å². The summed E-state index contributed by atoms with van der Waals surface area (Å²) in [7, 11) is 0. The molecular formula is C26H27N3O4. The maximum absolute atomic E-state index is 12.5. The molecule has 2 N–H and O–H groups in total. The minimum atomic E-state index is -0.357. The van der Waals surface area contributed by atoms with Gasteiger partial charge in [-0.1, -0.05) is 30.3 Å². The fourth-order valence-corrected chi connectivity index (χ4v) is 3.61. The van der Waals surface area contributed by atoms with Crippen LogP contribution in [0.1, 0.15) is 18.4 Å². The number of nitrogens with zero attached hydrogens (tertiary/aromatic N) is 1. The summed E-state index contributed by atoms with van der Waals surface area (Å²) in [5.74, 6) is 1.37. The Morgan fingerprint density at radius 2 is 1.79 bits per heavy atom. The molecule has 33 heavy (non-hydrogen) atoms. The van der Waals surface area contributed by atoms with Gasteiger partial charge < -0.3 is 25.0 Å². The van der Waals surface area contributed by atoms with Gasteiger partial charge in [0.25, 0.3) is 5.91 Å². The van der Waals surface area contributed by atoms with Crippen molar-refractivity contribution in [3.8, 4) is 11.5 Å². The summed E-state index contributed by atoms with van der Waals surface area (Å²) < 4.78 is 11.4. The first-order chi connectivity index (χ1) is 16.1. The molecule has 7 nitrogen and oxygen atoms in total. The molecule has 170 valence electrons. The zero-order valence-corrected chi connectivity index (χ0v) is 18.5. The number of amides is 3. The minimum Gasteiger partial charge on any atom is -0.494 e. The van der Waals surface area contributed by atoms with E-state index >= 15 is 0 Å². The van der Waals surface area contributed by atoms with Crippen molar-refractivity contribution in [2.24, 2.45) is 0 Å². The van der Waals surface area contributed by atoms with Crippen molar-refractivity contribution in [1.82, 2.24) is 0 Å². The number of unbranched alkanes of at least 4 members (excludes halogenated alkanes) is 1. The predicted octanol–water partition coefficient (Wildman–Crippen LogP) is 5.22. The van der Waals surface area contributed by atoms with Crippen molar-refractivity contribution in [3.05, 3.63) is 78.4 Å². The van der Waals surface area contributed by atoms with E-state index in [0.29, 0.717) is 36.0 Å². The summed E-state index contributed by atoms with van der Waals surface area (Å²) in [4.78, 5) is 26.6. The lowest BCUT2D eigenvalue weighted by Gasteiger charge is -2.30. The van der Waals surface area contributed by atoms with E-state index in [9.17, 15) is 9.59 Å². The van der Waals surface area contributed by atoms with E-state index in [2.05, 4.69) is 10.6 Å². The summed E-state index contributed by atoms with van der Waals surface area (Å²) in [6, 6.07) is 22.1. The number of hydrogen-bond acceptors (Lipinski definition) is 4. The Bertz CT molecular complexity index is 1120. The normalized spacial score (nSPS) is 12.5. The van der Waals surface area contributed by atoms with E-state index in [1.807, 2.05) is 61.5 Å². The van der Waals surface area contributed by atoms with Crippen molar-refractivity contribution in [1.29, 1.82) is 0 Å². The molecule has 1 aliphatic heterocycles. The Morgan fingerprint density at radius 1 is 0.970 bits per heavy atom. The summed E-state index contributed by atoms with van der Waals surface area (Å²) in [5.41, 5.74) is 3.09. The number of carbonyl (C=O) groups excluding carboxylic acids is 2. The zero-order valence-electron chi connectivity index (χ0n) is 18.5. The van der Waals surface area contributed by atoms with Gasteiger partial charge in [0, 0.05) is 17.9 Å². The van der Waals surface area contributed by atoms with Crippen LogP contribution >= 0.6 is 0 Å². The number of aryl methyl sites for hydroxylation is 1. The molecule has 0 aromatic heterocycles. The van der Waals surface area contributed by atoms with Crippen LogP contribution in [-0.4, -0.2) is 31.7 Å². The first-order valence-electron chi connectivity index (χ1n) is 11.0. The van der Waals surface area contributed by atoms with Crippen LogP contribution in [-0.2, 0) is 4.79 Å². The number of urea groups is 1.